The van der Waals surface area contributed by atoms with Crippen LogP contribution in [-0.4, -0.2) is 11.1 Å². The van der Waals surface area contributed by atoms with Crippen molar-refractivity contribution in [2.45, 2.75) is 25.9 Å². The van der Waals surface area contributed by atoms with E-state index in [-0.39, 0.29) is 6.42 Å². The molecule has 2 N–H and O–H groups in total. The molecule has 0 radical (unpaired) electrons. The highest BCUT2D eigenvalue weighted by molar-refractivity contribution is 5.67. The molecule has 0 saturated carbocycles. The van der Waals surface area contributed by atoms with Crippen LogP contribution in [0.2, 0.25) is 0 Å². The van der Waals surface area contributed by atoms with Crippen LogP contribution in [0.15, 0.2) is 78.9 Å². The van der Waals surface area contributed by atoms with E-state index in [1.165, 1.54) is 22.3 Å². The van der Waals surface area contributed by atoms with Gasteiger partial charge in [-0.25, -0.2) is 0 Å². The van der Waals surface area contributed by atoms with Gasteiger partial charge in [-0.15, -0.1) is 0 Å². The number of nitrogens with one attached hydrogen (secondary N) is 1. The molecule has 0 bridgehead atoms. The third kappa shape index (κ3) is 5.30. The molecule has 0 spiro atoms. The average molecular weight is 345 g/mol. The van der Waals surface area contributed by atoms with Crippen LogP contribution in [0.1, 0.15) is 23.1 Å². The van der Waals surface area contributed by atoms with Crippen molar-refractivity contribution in [2.24, 2.45) is 0 Å². The van der Waals surface area contributed by atoms with Gasteiger partial charge in [0, 0.05) is 19.5 Å². The van der Waals surface area contributed by atoms with E-state index in [0.717, 1.165) is 18.7 Å². The summed E-state index contributed by atoms with van der Waals surface area (Å²) in [6.07, 6.45) is 0.745. The van der Waals surface area contributed by atoms with Crippen molar-refractivity contribution in [1.29, 1.82) is 0 Å². The molecule has 0 atom stereocenters. The molecule has 0 saturated heterocycles. The number of aliphatic carboxylic acids is 1. The summed E-state index contributed by atoms with van der Waals surface area (Å²) >= 11 is 0. The minimum absolute atomic E-state index is 0.171. The molecule has 0 heterocycles. The number of hydrogen-bond acceptors (Lipinski definition) is 2. The van der Waals surface area contributed by atoms with Gasteiger partial charge >= 0.3 is 5.97 Å². The number of benzene rings is 3. The fourth-order valence-electron chi connectivity index (χ4n) is 2.94. The molecule has 0 unspecified atom stereocenters. The summed E-state index contributed by atoms with van der Waals surface area (Å²) in [7, 11) is 0. The first-order valence-electron chi connectivity index (χ1n) is 8.85. The van der Waals surface area contributed by atoms with Gasteiger partial charge in [0.05, 0.1) is 0 Å². The maximum atomic E-state index is 10.7. The van der Waals surface area contributed by atoms with Crippen molar-refractivity contribution >= 4 is 5.97 Å². The van der Waals surface area contributed by atoms with Crippen molar-refractivity contribution in [3.05, 3.63) is 95.6 Å². The molecule has 0 fully saturated rings. The first-order valence-corrected chi connectivity index (χ1v) is 8.85. The van der Waals surface area contributed by atoms with Crippen molar-refractivity contribution < 1.29 is 9.90 Å². The molecule has 0 aliphatic rings. The number of carboxylic acid groups (broad SMARTS) is 1. The first-order chi connectivity index (χ1) is 12.7. The summed E-state index contributed by atoms with van der Waals surface area (Å²) in [6, 6.07) is 27.1. The van der Waals surface area contributed by atoms with Gasteiger partial charge in [-0.05, 0) is 34.2 Å². The zero-order valence-corrected chi connectivity index (χ0v) is 14.7. The highest BCUT2D eigenvalue weighted by atomic mass is 16.4. The van der Waals surface area contributed by atoms with Crippen LogP contribution in [0, 0.1) is 0 Å². The van der Waals surface area contributed by atoms with Crippen LogP contribution in [-0.2, 0) is 24.3 Å². The lowest BCUT2D eigenvalue weighted by Gasteiger charge is -2.08. The Morgan fingerprint density at radius 2 is 1.38 bits per heavy atom. The molecule has 3 nitrogen and oxygen atoms in total. The molecule has 3 aromatic carbocycles. The summed E-state index contributed by atoms with van der Waals surface area (Å²) in [4.78, 5) is 10.7. The highest BCUT2D eigenvalue weighted by Crippen LogP contribution is 2.19. The smallest absolute Gasteiger partial charge is 0.303 e. The Morgan fingerprint density at radius 1 is 0.731 bits per heavy atom. The van der Waals surface area contributed by atoms with Gasteiger partial charge in [-0.2, -0.15) is 0 Å². The Labute approximate surface area is 154 Å². The summed E-state index contributed by atoms with van der Waals surface area (Å²) in [5.41, 5.74) is 5.94. The Morgan fingerprint density at radius 3 is 2.12 bits per heavy atom. The molecule has 0 aromatic heterocycles. The van der Waals surface area contributed by atoms with Crippen molar-refractivity contribution in [1.82, 2.24) is 5.32 Å². The second-order valence-electron chi connectivity index (χ2n) is 6.38. The zero-order chi connectivity index (χ0) is 18.2. The first kappa shape index (κ1) is 17.9. The molecule has 0 aliphatic heterocycles. The summed E-state index contributed by atoms with van der Waals surface area (Å²) in [6.45, 7) is 1.57. The molecule has 0 aliphatic carbocycles. The van der Waals surface area contributed by atoms with E-state index >= 15 is 0 Å². The standard InChI is InChI=1S/C23H23NO2/c25-23(26)14-11-18-5-4-6-20(15-18)17-24-16-19-9-12-22(13-10-19)21-7-2-1-3-8-21/h1-10,12-13,15,24H,11,14,16-17H2,(H,25,26). The van der Waals surface area contributed by atoms with Gasteiger partial charge in [0.15, 0.2) is 0 Å². The second kappa shape index (κ2) is 8.97. The summed E-state index contributed by atoms with van der Waals surface area (Å²) < 4.78 is 0. The van der Waals surface area contributed by atoms with E-state index in [9.17, 15) is 4.79 Å². The SMILES string of the molecule is O=C(O)CCc1cccc(CNCc2ccc(-c3ccccc3)cc2)c1. The van der Waals surface area contributed by atoms with Gasteiger partial charge in [0.1, 0.15) is 0 Å². The largest absolute Gasteiger partial charge is 0.481 e. The maximum Gasteiger partial charge on any atom is 0.303 e. The van der Waals surface area contributed by atoms with Crippen LogP contribution < -0.4 is 5.32 Å². The minimum atomic E-state index is -0.757. The Kier molecular flexibility index (Phi) is 6.18. The van der Waals surface area contributed by atoms with Crippen LogP contribution in [0.25, 0.3) is 11.1 Å². The third-order valence-electron chi connectivity index (χ3n) is 4.34. The van der Waals surface area contributed by atoms with Crippen molar-refractivity contribution in [2.75, 3.05) is 0 Å². The van der Waals surface area contributed by atoms with Crippen LogP contribution >= 0.6 is 0 Å². The molecule has 3 aromatic rings. The van der Waals surface area contributed by atoms with Crippen molar-refractivity contribution in [3.8, 4) is 11.1 Å². The second-order valence-corrected chi connectivity index (χ2v) is 6.38. The predicted molar refractivity (Wildman–Crippen MR) is 105 cm³/mol. The van der Waals surface area contributed by atoms with Gasteiger partial charge in [-0.3, -0.25) is 4.79 Å². The normalized spacial score (nSPS) is 10.6. The van der Waals surface area contributed by atoms with Gasteiger partial charge in [-0.1, -0.05) is 78.9 Å². The molecule has 0 amide bonds. The third-order valence-corrected chi connectivity index (χ3v) is 4.34. The van der Waals surface area contributed by atoms with E-state index < -0.39 is 5.97 Å². The van der Waals surface area contributed by atoms with E-state index in [4.69, 9.17) is 5.11 Å². The van der Waals surface area contributed by atoms with Crippen LogP contribution in [0.3, 0.4) is 0 Å². The minimum Gasteiger partial charge on any atom is -0.481 e. The molecular formula is C23H23NO2. The van der Waals surface area contributed by atoms with Crippen LogP contribution in [0.4, 0.5) is 0 Å². The monoisotopic (exact) mass is 345 g/mol. The van der Waals surface area contributed by atoms with Crippen molar-refractivity contribution in [3.63, 3.8) is 0 Å². The van der Waals surface area contributed by atoms with Gasteiger partial charge in [0.25, 0.3) is 0 Å². The number of rotatable bonds is 8. The summed E-state index contributed by atoms with van der Waals surface area (Å²) in [5, 5.41) is 12.2. The Hall–Kier alpha value is -2.91. The van der Waals surface area contributed by atoms with E-state index in [2.05, 4.69) is 66.0 Å². The quantitative estimate of drug-likeness (QED) is 0.624. The molecule has 132 valence electrons. The van der Waals surface area contributed by atoms with E-state index in [1.54, 1.807) is 0 Å². The molecule has 3 rings (SSSR count). The Balaban J connectivity index is 1.52. The van der Waals surface area contributed by atoms with E-state index in [0.29, 0.717) is 6.42 Å². The zero-order valence-electron chi connectivity index (χ0n) is 14.7. The molecule has 3 heteroatoms. The predicted octanol–water partition coefficient (Wildman–Crippen LogP) is 4.66. The maximum absolute atomic E-state index is 10.7. The topological polar surface area (TPSA) is 49.3 Å². The van der Waals surface area contributed by atoms with Crippen LogP contribution in [0.5, 0.6) is 0 Å². The fraction of sp³-hybridized carbons (Fsp3) is 0.174. The van der Waals surface area contributed by atoms with Gasteiger partial charge in [0.2, 0.25) is 0 Å². The fourth-order valence-corrected chi connectivity index (χ4v) is 2.94. The lowest BCUT2D eigenvalue weighted by molar-refractivity contribution is -0.136. The summed E-state index contributed by atoms with van der Waals surface area (Å²) in [5.74, 6) is -0.757. The molecule has 26 heavy (non-hydrogen) atoms. The number of carboxylic acids is 1. The average Bonchev–Trinajstić information content (AvgIpc) is 2.68. The lowest BCUT2D eigenvalue weighted by Crippen LogP contribution is -2.12. The van der Waals surface area contributed by atoms with E-state index in [1.807, 2.05) is 18.2 Å². The highest BCUT2D eigenvalue weighted by Gasteiger charge is 2.01. The Bertz CT molecular complexity index is 842. The van der Waals surface area contributed by atoms with Gasteiger partial charge < -0.3 is 10.4 Å². The number of carbonyl (C=O) groups is 1. The molecular weight excluding hydrogens is 322 g/mol. The number of hydrogen-bond donors (Lipinski definition) is 2. The number of aryl methyl sites for hydroxylation is 1. The lowest BCUT2D eigenvalue weighted by atomic mass is 10.0.